The van der Waals surface area contributed by atoms with Gasteiger partial charge in [-0.25, -0.2) is 4.79 Å². The van der Waals surface area contributed by atoms with E-state index in [0.29, 0.717) is 0 Å². The summed E-state index contributed by atoms with van der Waals surface area (Å²) in [6, 6.07) is 2.99. The molecule has 0 N–H and O–H groups in total. The van der Waals surface area contributed by atoms with Crippen molar-refractivity contribution in [3.8, 4) is 5.75 Å². The van der Waals surface area contributed by atoms with Crippen molar-refractivity contribution in [2.45, 2.75) is 0 Å². The Morgan fingerprint density at radius 2 is 2.25 bits per heavy atom. The maximum absolute atomic E-state index is 13.1. The van der Waals surface area contributed by atoms with Crippen molar-refractivity contribution in [2.75, 3.05) is 13.7 Å². The zero-order valence-electron chi connectivity index (χ0n) is 8.31. The van der Waals surface area contributed by atoms with Crippen molar-refractivity contribution < 1.29 is 23.6 Å². The van der Waals surface area contributed by atoms with Gasteiger partial charge in [-0.3, -0.25) is 10.1 Å². The standard InChI is InChI=1S/C9H8FNO5/c1-15-9(12)5-16-6-2-3-8(11(13)14)7(10)4-6/h2-4H,5H2,1H3. The predicted molar refractivity (Wildman–Crippen MR) is 50.6 cm³/mol. The summed E-state index contributed by atoms with van der Waals surface area (Å²) in [5.74, 6) is -1.63. The fourth-order valence-electron chi connectivity index (χ4n) is 0.927. The Kier molecular flexibility index (Phi) is 3.76. The number of nitro groups is 1. The molecule has 0 aliphatic heterocycles. The molecule has 0 radical (unpaired) electrons. The van der Waals surface area contributed by atoms with E-state index in [1.807, 2.05) is 0 Å². The van der Waals surface area contributed by atoms with E-state index in [2.05, 4.69) is 4.74 Å². The zero-order chi connectivity index (χ0) is 12.1. The second-order valence-electron chi connectivity index (χ2n) is 2.74. The maximum Gasteiger partial charge on any atom is 0.343 e. The topological polar surface area (TPSA) is 78.7 Å². The lowest BCUT2D eigenvalue weighted by Gasteiger charge is -2.04. The Morgan fingerprint density at radius 3 is 2.75 bits per heavy atom. The van der Waals surface area contributed by atoms with Crippen LogP contribution in [0.1, 0.15) is 0 Å². The molecule has 0 saturated heterocycles. The van der Waals surface area contributed by atoms with Gasteiger partial charge in [0.1, 0.15) is 5.75 Å². The predicted octanol–water partition coefficient (Wildman–Crippen LogP) is 1.29. The molecule has 7 heteroatoms. The van der Waals surface area contributed by atoms with Crippen molar-refractivity contribution in [3.05, 3.63) is 34.1 Å². The molecule has 0 spiro atoms. The molecule has 1 aromatic rings. The third-order valence-electron chi connectivity index (χ3n) is 1.70. The number of hydrogen-bond acceptors (Lipinski definition) is 5. The fourth-order valence-corrected chi connectivity index (χ4v) is 0.927. The smallest absolute Gasteiger partial charge is 0.343 e. The van der Waals surface area contributed by atoms with Crippen LogP contribution in [-0.4, -0.2) is 24.6 Å². The largest absolute Gasteiger partial charge is 0.482 e. The quantitative estimate of drug-likeness (QED) is 0.441. The SMILES string of the molecule is COC(=O)COc1ccc([N+](=O)[O-])c(F)c1. The van der Waals surface area contributed by atoms with Crippen LogP contribution in [0.15, 0.2) is 18.2 Å². The second-order valence-corrected chi connectivity index (χ2v) is 2.74. The first-order chi connectivity index (χ1) is 7.54. The number of esters is 1. The molecule has 0 unspecified atom stereocenters. The molecule has 6 nitrogen and oxygen atoms in total. The Balaban J connectivity index is 2.74. The van der Waals surface area contributed by atoms with Crippen LogP contribution in [0.25, 0.3) is 0 Å². The minimum Gasteiger partial charge on any atom is -0.482 e. The van der Waals surface area contributed by atoms with Crippen molar-refractivity contribution in [2.24, 2.45) is 0 Å². The van der Waals surface area contributed by atoms with E-state index in [9.17, 15) is 19.3 Å². The van der Waals surface area contributed by atoms with E-state index in [-0.39, 0.29) is 12.4 Å². The van der Waals surface area contributed by atoms with Crippen LogP contribution in [0.4, 0.5) is 10.1 Å². The third kappa shape index (κ3) is 2.91. The number of methoxy groups -OCH3 is 1. The molecule has 0 aromatic heterocycles. The molecule has 0 aliphatic carbocycles. The lowest BCUT2D eigenvalue weighted by molar-refractivity contribution is -0.387. The van der Waals surface area contributed by atoms with Crippen molar-refractivity contribution in [1.29, 1.82) is 0 Å². The average Bonchev–Trinajstić information content (AvgIpc) is 2.25. The first-order valence-corrected chi connectivity index (χ1v) is 4.18. The highest BCUT2D eigenvalue weighted by Gasteiger charge is 2.14. The third-order valence-corrected chi connectivity index (χ3v) is 1.70. The van der Waals surface area contributed by atoms with Crippen LogP contribution in [0.5, 0.6) is 5.75 Å². The first-order valence-electron chi connectivity index (χ1n) is 4.18. The molecule has 0 fully saturated rings. The van der Waals surface area contributed by atoms with Gasteiger partial charge in [-0.2, -0.15) is 4.39 Å². The summed E-state index contributed by atoms with van der Waals surface area (Å²) in [6.45, 7) is -0.381. The molecule has 16 heavy (non-hydrogen) atoms. The molecule has 86 valence electrons. The fraction of sp³-hybridized carbons (Fsp3) is 0.222. The number of nitrogens with zero attached hydrogens (tertiary/aromatic N) is 1. The van der Waals surface area contributed by atoms with Crippen LogP contribution < -0.4 is 4.74 Å². The number of carbonyl (C=O) groups is 1. The van der Waals surface area contributed by atoms with E-state index in [1.165, 1.54) is 13.2 Å². The highest BCUT2D eigenvalue weighted by Crippen LogP contribution is 2.22. The minimum absolute atomic E-state index is 0.0218. The number of nitro benzene ring substituents is 1. The van der Waals surface area contributed by atoms with E-state index >= 15 is 0 Å². The van der Waals surface area contributed by atoms with Gasteiger partial charge < -0.3 is 9.47 Å². The number of halogens is 1. The van der Waals surface area contributed by atoms with E-state index in [1.54, 1.807) is 0 Å². The number of rotatable bonds is 4. The Morgan fingerprint density at radius 1 is 1.56 bits per heavy atom. The number of carbonyl (C=O) groups excluding carboxylic acids is 1. The number of ether oxygens (including phenoxy) is 2. The summed E-state index contributed by atoms with van der Waals surface area (Å²) in [5.41, 5.74) is -0.648. The monoisotopic (exact) mass is 229 g/mol. The highest BCUT2D eigenvalue weighted by molar-refractivity contribution is 5.70. The molecule has 1 rings (SSSR count). The normalized spacial score (nSPS) is 9.62. The molecule has 0 bridgehead atoms. The van der Waals surface area contributed by atoms with Gasteiger partial charge in [0.2, 0.25) is 5.82 Å². The van der Waals surface area contributed by atoms with Crippen LogP contribution in [0.2, 0.25) is 0 Å². The highest BCUT2D eigenvalue weighted by atomic mass is 19.1. The number of hydrogen-bond donors (Lipinski definition) is 0. The second kappa shape index (κ2) is 5.06. The van der Waals surface area contributed by atoms with Crippen LogP contribution in [0.3, 0.4) is 0 Å². The summed E-state index contributed by atoms with van der Waals surface area (Å²) >= 11 is 0. The van der Waals surface area contributed by atoms with Crippen LogP contribution >= 0.6 is 0 Å². The lowest BCUT2D eigenvalue weighted by Crippen LogP contribution is -2.12. The Bertz CT molecular complexity index is 420. The molecule has 0 amide bonds. The Hall–Kier alpha value is -2.18. The Labute approximate surface area is 89.7 Å². The molecule has 0 heterocycles. The molecular weight excluding hydrogens is 221 g/mol. The van der Waals surface area contributed by atoms with Crippen LogP contribution in [0, 0.1) is 15.9 Å². The molecule has 1 aromatic carbocycles. The van der Waals surface area contributed by atoms with E-state index in [4.69, 9.17) is 4.74 Å². The summed E-state index contributed by atoms with van der Waals surface area (Å²) in [7, 11) is 1.18. The number of benzene rings is 1. The van der Waals surface area contributed by atoms with E-state index < -0.39 is 22.4 Å². The van der Waals surface area contributed by atoms with Crippen molar-refractivity contribution in [1.82, 2.24) is 0 Å². The maximum atomic E-state index is 13.1. The van der Waals surface area contributed by atoms with Gasteiger partial charge in [-0.1, -0.05) is 0 Å². The summed E-state index contributed by atoms with van der Waals surface area (Å²) in [4.78, 5) is 20.1. The van der Waals surface area contributed by atoms with Crippen molar-refractivity contribution in [3.63, 3.8) is 0 Å². The summed E-state index contributed by atoms with van der Waals surface area (Å²) in [6.07, 6.45) is 0. The summed E-state index contributed by atoms with van der Waals surface area (Å²) < 4.78 is 22.2. The van der Waals surface area contributed by atoms with Gasteiger partial charge in [0.05, 0.1) is 12.0 Å². The van der Waals surface area contributed by atoms with Crippen molar-refractivity contribution >= 4 is 11.7 Å². The first kappa shape index (κ1) is 11.9. The van der Waals surface area contributed by atoms with Gasteiger partial charge in [0, 0.05) is 12.1 Å². The van der Waals surface area contributed by atoms with Crippen LogP contribution in [-0.2, 0) is 9.53 Å². The zero-order valence-corrected chi connectivity index (χ0v) is 8.31. The molecule has 0 atom stereocenters. The average molecular weight is 229 g/mol. The van der Waals surface area contributed by atoms with Gasteiger partial charge in [-0.05, 0) is 6.07 Å². The van der Waals surface area contributed by atoms with Gasteiger partial charge in [-0.15, -0.1) is 0 Å². The molecule has 0 aliphatic rings. The van der Waals surface area contributed by atoms with Gasteiger partial charge >= 0.3 is 11.7 Å². The molecular formula is C9H8FNO5. The molecule has 0 saturated carbocycles. The summed E-state index contributed by atoms with van der Waals surface area (Å²) in [5, 5.41) is 10.3. The van der Waals surface area contributed by atoms with Gasteiger partial charge in [0.15, 0.2) is 6.61 Å². The minimum atomic E-state index is -1.02. The lowest BCUT2D eigenvalue weighted by atomic mass is 10.3. The van der Waals surface area contributed by atoms with Gasteiger partial charge in [0.25, 0.3) is 0 Å². The van der Waals surface area contributed by atoms with E-state index in [0.717, 1.165) is 12.1 Å².